The number of pyridine rings is 1. The summed E-state index contributed by atoms with van der Waals surface area (Å²) >= 11 is 0. The fraction of sp³-hybridized carbons (Fsp3) is 0.698. The minimum Gasteiger partial charge on any atom is -0.497 e. The number of cyclic esters (lactones) is 1. The molecule has 0 saturated carbocycles. The van der Waals surface area contributed by atoms with Gasteiger partial charge >= 0.3 is 12.1 Å². The summed E-state index contributed by atoms with van der Waals surface area (Å²) in [6.07, 6.45) is -2.51. The summed E-state index contributed by atoms with van der Waals surface area (Å²) in [6, 6.07) is 2.00. The van der Waals surface area contributed by atoms with Crippen LogP contribution in [-0.4, -0.2) is 153 Å². The number of nitrogens with zero attached hydrogens (tertiary/aromatic N) is 6. The molecule has 1 amide bonds. The molecule has 18 heteroatoms. The number of fused-ring (bicyclic) bond motifs is 1. The number of rotatable bonds is 9. The van der Waals surface area contributed by atoms with Crippen LogP contribution in [0.4, 0.5) is 9.18 Å². The van der Waals surface area contributed by atoms with Crippen molar-refractivity contribution in [1.82, 2.24) is 29.8 Å². The normalized spacial score (nSPS) is 36.4. The van der Waals surface area contributed by atoms with Gasteiger partial charge in [-0.15, -0.1) is 5.10 Å². The predicted octanol–water partition coefficient (Wildman–Crippen LogP) is 3.65. The Balaban J connectivity index is 1.49. The Labute approximate surface area is 356 Å². The Morgan fingerprint density at radius 3 is 2.36 bits per heavy atom. The number of esters is 1. The van der Waals surface area contributed by atoms with Gasteiger partial charge in [-0.1, -0.05) is 44.7 Å². The van der Waals surface area contributed by atoms with Crippen molar-refractivity contribution in [2.75, 3.05) is 34.9 Å². The number of aliphatic hydroxyl groups is 1. The Kier molecular flexibility index (Phi) is 14.7. The molecule has 2 aromatic heterocycles. The number of Topliss-reactive ketones (excluding diaryl/α,β-unsaturated/α-hetero) is 2. The maximum Gasteiger partial charge on any atom is 0.411 e. The van der Waals surface area contributed by atoms with Crippen LogP contribution in [0, 0.1) is 29.6 Å². The number of hydrogen-bond acceptors (Lipinski definition) is 15. The standard InChI is InChI=1S/C43H61FN6O11/c1-13-32-43(8)35(50(40(55)61-43)19-15-14-18-49-23-30(46-47-49)29-21-28(56-11)16-17-45-29)26(4)33(51)24(2)22-41(6,57-12)37(27(5)36(53)42(7,44)39(54)59-32)60-38-34(52)31(48(9)10)20-25(3)58-38/h16-17,21,23-27,31-32,34-35,37-38,52H,13,18-20,22H2,1-12H3/t24-,25?,26+,27+,31?,32-,34?,35-,37-,38+,41-,42+,43-/m1/s1. The van der Waals surface area contributed by atoms with E-state index in [2.05, 4.69) is 27.1 Å². The van der Waals surface area contributed by atoms with Gasteiger partial charge in [0.25, 0.3) is 5.67 Å². The van der Waals surface area contributed by atoms with Gasteiger partial charge in [-0.3, -0.25) is 19.5 Å². The number of likely N-dealkylation sites (N-methyl/N-ethyl adjacent to an activating group) is 1. The van der Waals surface area contributed by atoms with Crippen molar-refractivity contribution < 1.29 is 57.1 Å². The number of ketones is 2. The molecule has 5 rings (SSSR count). The van der Waals surface area contributed by atoms with Crippen LogP contribution in [-0.2, 0) is 44.6 Å². The minimum atomic E-state index is -3.21. The van der Waals surface area contributed by atoms with Gasteiger partial charge in [0.2, 0.25) is 0 Å². The summed E-state index contributed by atoms with van der Waals surface area (Å²) in [5.41, 5.74) is -5.33. The van der Waals surface area contributed by atoms with Gasteiger partial charge in [0.05, 0.1) is 49.4 Å². The van der Waals surface area contributed by atoms with Crippen LogP contribution in [0.2, 0.25) is 0 Å². The lowest BCUT2D eigenvalue weighted by Gasteiger charge is -2.47. The highest BCUT2D eigenvalue weighted by Gasteiger charge is 2.61. The molecule has 0 aromatic carbocycles. The number of methoxy groups -OCH3 is 2. The van der Waals surface area contributed by atoms with E-state index in [-0.39, 0.29) is 43.9 Å². The zero-order valence-corrected chi connectivity index (χ0v) is 37.2. The van der Waals surface area contributed by atoms with E-state index in [0.29, 0.717) is 23.6 Å². The lowest BCUT2D eigenvalue weighted by molar-refractivity contribution is -0.295. The molecule has 3 saturated heterocycles. The van der Waals surface area contributed by atoms with Crippen molar-refractivity contribution in [2.24, 2.45) is 17.8 Å². The monoisotopic (exact) mass is 856 g/mol. The molecule has 0 radical (unpaired) electrons. The zero-order valence-electron chi connectivity index (χ0n) is 37.2. The number of ether oxygens (including phenoxy) is 6. The Hall–Kier alpha value is -4.54. The van der Waals surface area contributed by atoms with Crippen molar-refractivity contribution in [1.29, 1.82) is 0 Å². The third-order valence-electron chi connectivity index (χ3n) is 12.6. The van der Waals surface area contributed by atoms with E-state index in [4.69, 9.17) is 28.4 Å². The van der Waals surface area contributed by atoms with E-state index in [1.165, 1.54) is 30.5 Å². The average Bonchev–Trinajstić information content (AvgIpc) is 3.80. The molecule has 0 spiro atoms. The molecule has 3 aliphatic rings. The van der Waals surface area contributed by atoms with Crippen molar-refractivity contribution in [3.05, 3.63) is 24.5 Å². The highest BCUT2D eigenvalue weighted by atomic mass is 19.1. The predicted molar refractivity (Wildman–Crippen MR) is 217 cm³/mol. The van der Waals surface area contributed by atoms with Crippen LogP contribution in [0.3, 0.4) is 0 Å². The van der Waals surface area contributed by atoms with E-state index < -0.39 is 83.1 Å². The third kappa shape index (κ3) is 9.61. The lowest BCUT2D eigenvalue weighted by Crippen LogP contribution is -2.61. The van der Waals surface area contributed by atoms with Crippen LogP contribution < -0.4 is 4.74 Å². The zero-order chi connectivity index (χ0) is 45.2. The first kappa shape index (κ1) is 47.5. The highest BCUT2D eigenvalue weighted by molar-refractivity contribution is 6.08. The van der Waals surface area contributed by atoms with Crippen molar-refractivity contribution in [3.63, 3.8) is 0 Å². The lowest BCUT2D eigenvalue weighted by atomic mass is 9.73. The van der Waals surface area contributed by atoms with Gasteiger partial charge in [-0.05, 0) is 67.1 Å². The number of amides is 1. The molecule has 3 unspecified atom stereocenters. The average molecular weight is 857 g/mol. The Morgan fingerprint density at radius 1 is 1.03 bits per heavy atom. The van der Waals surface area contributed by atoms with Gasteiger partial charge < -0.3 is 38.4 Å². The van der Waals surface area contributed by atoms with Crippen molar-refractivity contribution >= 4 is 23.6 Å². The van der Waals surface area contributed by atoms with E-state index >= 15 is 4.39 Å². The maximum absolute atomic E-state index is 16.9. The van der Waals surface area contributed by atoms with Crippen molar-refractivity contribution in [3.8, 4) is 29.0 Å². The van der Waals surface area contributed by atoms with Gasteiger partial charge in [0.1, 0.15) is 36.0 Å². The van der Waals surface area contributed by atoms with Crippen LogP contribution >= 0.6 is 0 Å². The first-order chi connectivity index (χ1) is 28.6. The molecule has 5 heterocycles. The molecule has 0 bridgehead atoms. The number of hydrogen-bond donors (Lipinski definition) is 1. The number of aliphatic hydroxyl groups excluding tert-OH is 1. The Morgan fingerprint density at radius 2 is 1.72 bits per heavy atom. The molecule has 3 aliphatic heterocycles. The number of carbonyl (C=O) groups is 4. The second-order valence-electron chi connectivity index (χ2n) is 17.3. The quantitative estimate of drug-likeness (QED) is 0.218. The number of halogens is 1. The summed E-state index contributed by atoms with van der Waals surface area (Å²) in [7, 11) is 6.55. The summed E-state index contributed by atoms with van der Waals surface area (Å²) < 4.78 is 54.1. The Bertz CT molecular complexity index is 1990. The van der Waals surface area contributed by atoms with Crippen LogP contribution in [0.5, 0.6) is 5.75 Å². The molecule has 61 heavy (non-hydrogen) atoms. The van der Waals surface area contributed by atoms with E-state index in [0.717, 1.165) is 6.92 Å². The number of alkyl halides is 1. The first-order valence-corrected chi connectivity index (χ1v) is 20.7. The number of aromatic nitrogens is 4. The van der Waals surface area contributed by atoms with Crippen LogP contribution in [0.25, 0.3) is 11.4 Å². The fourth-order valence-electron chi connectivity index (χ4n) is 9.09. The second kappa shape index (κ2) is 18.8. The molecule has 13 atom stereocenters. The van der Waals surface area contributed by atoms with Gasteiger partial charge in [0, 0.05) is 43.2 Å². The maximum atomic E-state index is 16.9. The summed E-state index contributed by atoms with van der Waals surface area (Å²) in [5, 5.41) is 19.7. The largest absolute Gasteiger partial charge is 0.497 e. The summed E-state index contributed by atoms with van der Waals surface area (Å²) in [6.45, 7) is 12.2. The van der Waals surface area contributed by atoms with Gasteiger partial charge in [0.15, 0.2) is 17.7 Å². The van der Waals surface area contributed by atoms with Crippen LogP contribution in [0.15, 0.2) is 24.5 Å². The summed E-state index contributed by atoms with van der Waals surface area (Å²) in [4.78, 5) is 64.1. The molecule has 0 aliphatic carbocycles. The molecule has 1 N–H and O–H groups in total. The van der Waals surface area contributed by atoms with E-state index in [1.54, 1.807) is 59.3 Å². The SMILES string of the molecule is CC[C@H]1OC(=O)[C@@](C)(F)C(=O)[C@H](C)[C@@H](O[C@@H]2OC(C)CC(N(C)C)C2O)[C@](C)(OC)C[C@@H](C)C(=O)[C@H](C)[C@H]2N(CC#CCn3cc(-c4cc(OC)ccn4)nn3)C(=O)O[C@]12C. The third-order valence-corrected chi connectivity index (χ3v) is 12.6. The van der Waals surface area contributed by atoms with Gasteiger partial charge in [-0.2, -0.15) is 0 Å². The molecular formula is C43H61FN6O11. The second-order valence-corrected chi connectivity index (χ2v) is 17.3. The fourth-order valence-corrected chi connectivity index (χ4v) is 9.09. The minimum absolute atomic E-state index is 0.0359. The van der Waals surface area contributed by atoms with E-state index in [9.17, 15) is 24.3 Å². The highest BCUT2D eigenvalue weighted by Crippen LogP contribution is 2.43. The molecule has 2 aromatic rings. The first-order valence-electron chi connectivity index (χ1n) is 20.7. The molecular weight excluding hydrogens is 796 g/mol. The van der Waals surface area contributed by atoms with Crippen LogP contribution in [0.1, 0.15) is 74.7 Å². The van der Waals surface area contributed by atoms with Gasteiger partial charge in [-0.25, -0.2) is 18.7 Å². The number of carbonyl (C=O) groups excluding carboxylic acids is 4. The van der Waals surface area contributed by atoms with Crippen molar-refractivity contribution in [2.45, 2.75) is 141 Å². The molecule has 17 nitrogen and oxygen atoms in total. The smallest absolute Gasteiger partial charge is 0.411 e. The topological polar surface area (TPSA) is 194 Å². The van der Waals surface area contributed by atoms with E-state index in [1.807, 2.05) is 25.9 Å². The molecule has 336 valence electrons. The summed E-state index contributed by atoms with van der Waals surface area (Å²) in [5.74, 6) is 0.477. The molecule has 3 fully saturated rings.